The standard InChI is InChI=1S/C21H24N2O4S/c1-15-10-12-23(13-11-15)28(25,26)18-8-6-17(7-9-18)22-21(24)20-14-16-4-2-3-5-19(16)27-20/h2-9,15,20H,10-14H2,1H3,(H,22,24)/t20-/m1/s1. The maximum Gasteiger partial charge on any atom is 0.265 e. The van der Waals surface area contributed by atoms with E-state index < -0.39 is 16.1 Å². The fraction of sp³-hybridized carbons (Fsp3) is 0.381. The predicted octanol–water partition coefficient (Wildman–Crippen LogP) is 3.05. The quantitative estimate of drug-likeness (QED) is 0.856. The third-order valence-corrected chi connectivity index (χ3v) is 7.35. The molecule has 1 fully saturated rings. The van der Waals surface area contributed by atoms with Crippen LogP contribution in [0.3, 0.4) is 0 Å². The molecule has 0 saturated carbocycles. The fourth-order valence-corrected chi connectivity index (χ4v) is 5.11. The number of rotatable bonds is 4. The van der Waals surface area contributed by atoms with Gasteiger partial charge in [0.25, 0.3) is 5.91 Å². The summed E-state index contributed by atoms with van der Waals surface area (Å²) in [7, 11) is -3.49. The summed E-state index contributed by atoms with van der Waals surface area (Å²) in [6.07, 6.45) is 1.73. The number of benzene rings is 2. The van der Waals surface area contributed by atoms with Crippen molar-refractivity contribution < 1.29 is 17.9 Å². The molecule has 148 valence electrons. The zero-order valence-corrected chi connectivity index (χ0v) is 16.6. The lowest BCUT2D eigenvalue weighted by atomic mass is 10.0. The van der Waals surface area contributed by atoms with Gasteiger partial charge >= 0.3 is 0 Å². The molecule has 2 aromatic rings. The van der Waals surface area contributed by atoms with Crippen molar-refractivity contribution in [3.63, 3.8) is 0 Å². The van der Waals surface area contributed by atoms with Crippen molar-refractivity contribution in [1.29, 1.82) is 0 Å². The van der Waals surface area contributed by atoms with Gasteiger partial charge in [-0.15, -0.1) is 0 Å². The highest BCUT2D eigenvalue weighted by Gasteiger charge is 2.30. The van der Waals surface area contributed by atoms with Crippen molar-refractivity contribution in [2.75, 3.05) is 18.4 Å². The molecule has 2 aliphatic rings. The maximum absolute atomic E-state index is 12.8. The van der Waals surface area contributed by atoms with Gasteiger partial charge in [-0.1, -0.05) is 25.1 Å². The van der Waals surface area contributed by atoms with Crippen LogP contribution < -0.4 is 10.1 Å². The van der Waals surface area contributed by atoms with E-state index in [2.05, 4.69) is 12.2 Å². The van der Waals surface area contributed by atoms with Crippen LogP contribution in [0.25, 0.3) is 0 Å². The molecule has 6 nitrogen and oxygen atoms in total. The molecule has 1 N–H and O–H groups in total. The average molecular weight is 401 g/mol. The van der Waals surface area contributed by atoms with E-state index in [1.54, 1.807) is 28.6 Å². The van der Waals surface area contributed by atoms with Crippen molar-refractivity contribution in [3.8, 4) is 5.75 Å². The number of piperidine rings is 1. The van der Waals surface area contributed by atoms with E-state index >= 15 is 0 Å². The summed E-state index contributed by atoms with van der Waals surface area (Å²) in [5.41, 5.74) is 1.57. The van der Waals surface area contributed by atoms with E-state index in [1.165, 1.54) is 0 Å². The van der Waals surface area contributed by atoms with Gasteiger partial charge in [0.15, 0.2) is 6.10 Å². The van der Waals surface area contributed by atoms with Gasteiger partial charge in [-0.2, -0.15) is 4.31 Å². The summed E-state index contributed by atoms with van der Waals surface area (Å²) < 4.78 is 32.8. The van der Waals surface area contributed by atoms with Crippen LogP contribution in [0.4, 0.5) is 5.69 Å². The smallest absolute Gasteiger partial charge is 0.265 e. The minimum atomic E-state index is -3.49. The molecule has 2 heterocycles. The molecular formula is C21H24N2O4S. The Balaban J connectivity index is 1.40. The number of sulfonamides is 1. The second kappa shape index (κ2) is 7.56. The van der Waals surface area contributed by atoms with Crippen LogP contribution in [-0.2, 0) is 21.2 Å². The number of nitrogens with one attached hydrogen (secondary N) is 1. The van der Waals surface area contributed by atoms with Crippen molar-refractivity contribution >= 4 is 21.6 Å². The largest absolute Gasteiger partial charge is 0.480 e. The number of fused-ring (bicyclic) bond motifs is 1. The Labute approximate surface area is 165 Å². The topological polar surface area (TPSA) is 75.7 Å². The van der Waals surface area contributed by atoms with E-state index in [1.807, 2.05) is 24.3 Å². The van der Waals surface area contributed by atoms with Crippen LogP contribution in [-0.4, -0.2) is 37.8 Å². The van der Waals surface area contributed by atoms with Gasteiger partial charge in [0, 0.05) is 25.2 Å². The molecule has 7 heteroatoms. The molecule has 0 unspecified atom stereocenters. The third kappa shape index (κ3) is 3.77. The van der Waals surface area contributed by atoms with Crippen LogP contribution in [0.1, 0.15) is 25.3 Å². The summed E-state index contributed by atoms with van der Waals surface area (Å²) in [5, 5.41) is 2.81. The highest BCUT2D eigenvalue weighted by molar-refractivity contribution is 7.89. The maximum atomic E-state index is 12.8. The highest BCUT2D eigenvalue weighted by Crippen LogP contribution is 2.29. The monoisotopic (exact) mass is 400 g/mol. The van der Waals surface area contributed by atoms with Crippen LogP contribution in [0.2, 0.25) is 0 Å². The Hall–Kier alpha value is -2.38. The first-order chi connectivity index (χ1) is 13.4. The van der Waals surface area contributed by atoms with Gasteiger partial charge < -0.3 is 10.1 Å². The Morgan fingerprint density at radius 3 is 2.43 bits per heavy atom. The molecule has 1 atom stereocenters. The average Bonchev–Trinajstić information content (AvgIpc) is 3.13. The molecule has 2 aromatic carbocycles. The number of hydrogen-bond donors (Lipinski definition) is 1. The molecule has 0 aromatic heterocycles. The Kier molecular flexibility index (Phi) is 5.12. The number of nitrogens with zero attached hydrogens (tertiary/aromatic N) is 1. The molecule has 4 rings (SSSR count). The van der Waals surface area contributed by atoms with Crippen molar-refractivity contribution in [3.05, 3.63) is 54.1 Å². The zero-order valence-electron chi connectivity index (χ0n) is 15.8. The highest BCUT2D eigenvalue weighted by atomic mass is 32.2. The van der Waals surface area contributed by atoms with Crippen LogP contribution in [0.5, 0.6) is 5.75 Å². The predicted molar refractivity (Wildman–Crippen MR) is 107 cm³/mol. The molecule has 2 aliphatic heterocycles. The number of para-hydroxylation sites is 1. The molecule has 1 amide bonds. The van der Waals surface area contributed by atoms with E-state index in [-0.39, 0.29) is 10.8 Å². The van der Waals surface area contributed by atoms with Crippen molar-refractivity contribution in [1.82, 2.24) is 4.31 Å². The lowest BCUT2D eigenvalue weighted by Gasteiger charge is -2.29. The molecule has 0 bridgehead atoms. The number of anilines is 1. The lowest BCUT2D eigenvalue weighted by Crippen LogP contribution is -2.37. The first-order valence-electron chi connectivity index (χ1n) is 9.59. The number of carbonyl (C=O) groups excluding carboxylic acids is 1. The summed E-state index contributed by atoms with van der Waals surface area (Å²) in [4.78, 5) is 12.7. The number of carbonyl (C=O) groups is 1. The van der Waals surface area contributed by atoms with E-state index in [0.717, 1.165) is 24.2 Å². The summed E-state index contributed by atoms with van der Waals surface area (Å²) in [6, 6.07) is 13.9. The van der Waals surface area contributed by atoms with Crippen molar-refractivity contribution in [2.24, 2.45) is 5.92 Å². The SMILES string of the molecule is CC1CCN(S(=O)(=O)c2ccc(NC(=O)[C@H]3Cc4ccccc4O3)cc2)CC1. The zero-order chi connectivity index (χ0) is 19.7. The van der Waals surface area contributed by atoms with E-state index in [4.69, 9.17) is 4.74 Å². The third-order valence-electron chi connectivity index (χ3n) is 5.44. The number of amides is 1. The minimum absolute atomic E-state index is 0.239. The van der Waals surface area contributed by atoms with Crippen LogP contribution in [0, 0.1) is 5.92 Å². The summed E-state index contributed by atoms with van der Waals surface area (Å²) in [6.45, 7) is 3.26. The number of ether oxygens (including phenoxy) is 1. The molecule has 1 saturated heterocycles. The summed E-state index contributed by atoms with van der Waals surface area (Å²) >= 11 is 0. The van der Waals surface area contributed by atoms with Crippen LogP contribution in [0.15, 0.2) is 53.4 Å². The molecule has 0 spiro atoms. The van der Waals surface area contributed by atoms with Crippen LogP contribution >= 0.6 is 0 Å². The van der Waals surface area contributed by atoms with Gasteiger partial charge in [0.05, 0.1) is 4.90 Å². The molecular weight excluding hydrogens is 376 g/mol. The molecule has 0 radical (unpaired) electrons. The Morgan fingerprint density at radius 1 is 1.07 bits per heavy atom. The number of hydrogen-bond acceptors (Lipinski definition) is 4. The Bertz CT molecular complexity index is 939. The van der Waals surface area contributed by atoms with E-state index in [0.29, 0.717) is 31.1 Å². The van der Waals surface area contributed by atoms with E-state index in [9.17, 15) is 13.2 Å². The first-order valence-corrected chi connectivity index (χ1v) is 11.0. The second-order valence-electron chi connectivity index (χ2n) is 7.52. The van der Waals surface area contributed by atoms with Gasteiger partial charge in [-0.3, -0.25) is 4.79 Å². The Morgan fingerprint density at radius 2 is 1.75 bits per heavy atom. The molecule has 28 heavy (non-hydrogen) atoms. The van der Waals surface area contributed by atoms with Crippen molar-refractivity contribution in [2.45, 2.75) is 37.2 Å². The van der Waals surface area contributed by atoms with Gasteiger partial charge in [-0.05, 0) is 54.7 Å². The molecule has 0 aliphatic carbocycles. The fourth-order valence-electron chi connectivity index (χ4n) is 3.64. The van der Waals surface area contributed by atoms with Gasteiger partial charge in [0.2, 0.25) is 10.0 Å². The van der Waals surface area contributed by atoms with Gasteiger partial charge in [-0.25, -0.2) is 8.42 Å². The van der Waals surface area contributed by atoms with Gasteiger partial charge in [0.1, 0.15) is 5.75 Å². The minimum Gasteiger partial charge on any atom is -0.480 e. The summed E-state index contributed by atoms with van der Waals surface area (Å²) in [5.74, 6) is 1.06. The second-order valence-corrected chi connectivity index (χ2v) is 9.46. The normalized spacial score (nSPS) is 20.4. The lowest BCUT2D eigenvalue weighted by molar-refractivity contribution is -0.122. The first kappa shape index (κ1) is 19.0.